The number of fused-ring (bicyclic) bond motifs is 1. The van der Waals surface area contributed by atoms with E-state index < -0.39 is 37.2 Å². The van der Waals surface area contributed by atoms with Crippen molar-refractivity contribution >= 4 is 21.7 Å². The Bertz CT molecular complexity index is 1300. The molecule has 0 radical (unpaired) electrons. The molecule has 1 saturated carbocycles. The Kier molecular flexibility index (Phi) is 6.88. The van der Waals surface area contributed by atoms with Crippen LogP contribution in [0.15, 0.2) is 41.2 Å². The van der Waals surface area contributed by atoms with Crippen LogP contribution < -0.4 is 10.9 Å². The first-order valence-corrected chi connectivity index (χ1v) is 13.4. The van der Waals surface area contributed by atoms with E-state index in [0.29, 0.717) is 12.8 Å². The Balaban J connectivity index is 1.48. The quantitative estimate of drug-likeness (QED) is 0.533. The number of aliphatic hydroxyl groups excluding tert-OH is 1. The number of rotatable bonds is 9. The molecule has 9 nitrogen and oxygen atoms in total. The van der Waals surface area contributed by atoms with E-state index in [2.05, 4.69) is 5.32 Å². The van der Waals surface area contributed by atoms with Gasteiger partial charge in [0.25, 0.3) is 17.4 Å². The lowest BCUT2D eigenvalue weighted by Crippen LogP contribution is -2.50. The number of benzene rings is 1. The first kappa shape index (κ1) is 25.1. The van der Waals surface area contributed by atoms with Gasteiger partial charge < -0.3 is 19.9 Å². The van der Waals surface area contributed by atoms with Crippen molar-refractivity contribution in [3.8, 4) is 0 Å². The number of sulfone groups is 1. The number of carbonyl (C=O) groups excluding carboxylic acids is 2. The molecule has 0 spiro atoms. The van der Waals surface area contributed by atoms with Crippen LogP contribution in [0.2, 0.25) is 0 Å². The van der Waals surface area contributed by atoms with Crippen LogP contribution in [0.4, 0.5) is 0 Å². The fourth-order valence-corrected chi connectivity index (χ4v) is 6.84. The molecule has 2 aliphatic rings. The van der Waals surface area contributed by atoms with E-state index >= 15 is 0 Å². The Morgan fingerprint density at radius 1 is 1.11 bits per heavy atom. The number of hydrogen-bond acceptors (Lipinski definition) is 6. The molecule has 1 aliphatic heterocycles. The van der Waals surface area contributed by atoms with Gasteiger partial charge in [0.05, 0.1) is 10.00 Å². The summed E-state index contributed by atoms with van der Waals surface area (Å²) in [5.41, 5.74) is 1.58. The van der Waals surface area contributed by atoms with Gasteiger partial charge in [-0.05, 0) is 50.8 Å². The number of hydrogen-bond donors (Lipinski definition) is 2. The number of nitrogens with one attached hydrogen (secondary N) is 1. The van der Waals surface area contributed by atoms with E-state index in [1.54, 1.807) is 6.92 Å². The molecule has 1 aromatic heterocycles. The highest BCUT2D eigenvalue weighted by molar-refractivity contribution is 7.93. The Labute approximate surface area is 204 Å². The van der Waals surface area contributed by atoms with Gasteiger partial charge in [0, 0.05) is 32.8 Å². The summed E-state index contributed by atoms with van der Waals surface area (Å²) in [6.07, 6.45) is 1.11. The van der Waals surface area contributed by atoms with Crippen LogP contribution in [0.3, 0.4) is 0 Å². The largest absolute Gasteiger partial charge is 0.396 e. The minimum absolute atomic E-state index is 0.0406. The van der Waals surface area contributed by atoms with Gasteiger partial charge in [0.1, 0.15) is 11.3 Å². The predicted octanol–water partition coefficient (Wildman–Crippen LogP) is 1.26. The van der Waals surface area contributed by atoms with Crippen molar-refractivity contribution in [2.24, 2.45) is 0 Å². The van der Waals surface area contributed by atoms with E-state index in [0.717, 1.165) is 11.1 Å². The molecular weight excluding hydrogens is 470 g/mol. The second kappa shape index (κ2) is 9.58. The van der Waals surface area contributed by atoms with Crippen molar-refractivity contribution in [3.63, 3.8) is 0 Å². The highest BCUT2D eigenvalue weighted by Gasteiger charge is 2.57. The smallest absolute Gasteiger partial charge is 0.270 e. The number of aliphatic hydroxyl groups is 1. The maximum Gasteiger partial charge on any atom is 0.270 e. The van der Waals surface area contributed by atoms with Crippen molar-refractivity contribution in [3.05, 3.63) is 69.1 Å². The summed E-state index contributed by atoms with van der Waals surface area (Å²) in [5.74, 6) is -0.932. The minimum Gasteiger partial charge on any atom is -0.396 e. The van der Waals surface area contributed by atoms with E-state index in [9.17, 15) is 22.8 Å². The molecule has 2 heterocycles. The van der Waals surface area contributed by atoms with Gasteiger partial charge >= 0.3 is 0 Å². The van der Waals surface area contributed by atoms with Gasteiger partial charge in [-0.2, -0.15) is 0 Å². The van der Waals surface area contributed by atoms with Crippen molar-refractivity contribution in [2.45, 2.75) is 56.2 Å². The summed E-state index contributed by atoms with van der Waals surface area (Å²) >= 11 is 0. The van der Waals surface area contributed by atoms with Gasteiger partial charge in [-0.3, -0.25) is 14.4 Å². The highest BCUT2D eigenvalue weighted by Crippen LogP contribution is 2.47. The molecule has 1 aliphatic carbocycles. The molecule has 1 unspecified atom stereocenters. The number of amides is 2. The fraction of sp³-hybridized carbons (Fsp3) is 0.480. The van der Waals surface area contributed by atoms with Crippen LogP contribution in [0.5, 0.6) is 0 Å². The molecule has 0 saturated heterocycles. The molecule has 188 valence electrons. The van der Waals surface area contributed by atoms with Crippen LogP contribution in [-0.4, -0.2) is 64.5 Å². The molecule has 2 aromatic rings. The van der Waals surface area contributed by atoms with Crippen LogP contribution >= 0.6 is 0 Å². The molecule has 1 fully saturated rings. The normalized spacial score (nSPS) is 17.6. The van der Waals surface area contributed by atoms with Crippen LogP contribution in [0, 0.1) is 6.92 Å². The summed E-state index contributed by atoms with van der Waals surface area (Å²) in [4.78, 5) is 40.3. The van der Waals surface area contributed by atoms with Crippen LogP contribution in [-0.2, 0) is 22.9 Å². The van der Waals surface area contributed by atoms with Crippen molar-refractivity contribution in [1.82, 2.24) is 14.8 Å². The molecule has 35 heavy (non-hydrogen) atoms. The van der Waals surface area contributed by atoms with Gasteiger partial charge in [-0.1, -0.05) is 29.8 Å². The SMILES string of the molecule is Cc1ccc(CNC(=O)c2ccc3n(c2=O)CCN(CC2(S(=O)(=O)C(C)CCO)CC2)C3=O)cc1. The Morgan fingerprint density at radius 3 is 2.43 bits per heavy atom. The third-order valence-corrected chi connectivity index (χ3v) is 10.1. The first-order valence-electron chi connectivity index (χ1n) is 11.8. The zero-order chi connectivity index (χ0) is 25.4. The van der Waals surface area contributed by atoms with E-state index in [4.69, 9.17) is 5.11 Å². The third kappa shape index (κ3) is 4.77. The Morgan fingerprint density at radius 2 is 1.80 bits per heavy atom. The summed E-state index contributed by atoms with van der Waals surface area (Å²) in [5, 5.41) is 11.2. The second-order valence-electron chi connectivity index (χ2n) is 9.53. The lowest BCUT2D eigenvalue weighted by molar-refractivity contribution is 0.0694. The molecule has 4 rings (SSSR count). The maximum atomic E-state index is 13.1. The highest BCUT2D eigenvalue weighted by atomic mass is 32.2. The maximum absolute atomic E-state index is 13.1. The lowest BCUT2D eigenvalue weighted by atomic mass is 10.1. The van der Waals surface area contributed by atoms with Gasteiger partial charge in [0.15, 0.2) is 9.84 Å². The summed E-state index contributed by atoms with van der Waals surface area (Å²) in [6, 6.07) is 10.5. The number of aromatic nitrogens is 1. The van der Waals surface area contributed by atoms with Crippen molar-refractivity contribution in [2.75, 3.05) is 19.7 Å². The topological polar surface area (TPSA) is 126 Å². The zero-order valence-electron chi connectivity index (χ0n) is 20.0. The molecular formula is C25H31N3O6S. The number of nitrogens with zero attached hydrogens (tertiary/aromatic N) is 2. The molecule has 2 N–H and O–H groups in total. The summed E-state index contributed by atoms with van der Waals surface area (Å²) in [6.45, 7) is 4.06. The summed E-state index contributed by atoms with van der Waals surface area (Å²) < 4.78 is 26.4. The van der Waals surface area contributed by atoms with E-state index in [1.807, 2.05) is 31.2 Å². The van der Waals surface area contributed by atoms with Gasteiger partial charge in [0.2, 0.25) is 0 Å². The minimum atomic E-state index is -3.52. The van der Waals surface area contributed by atoms with Crippen LogP contribution in [0.1, 0.15) is 58.2 Å². The monoisotopic (exact) mass is 501 g/mol. The zero-order valence-corrected chi connectivity index (χ0v) is 20.8. The standard InChI is InChI=1S/C25H31N3O6S/c1-17-3-5-19(6-4-17)15-26-22(30)20-7-8-21-24(32)27(12-13-28(21)23(20)31)16-25(10-11-25)35(33,34)18(2)9-14-29/h3-8,18,29H,9-16H2,1-2H3,(H,26,30). The molecule has 1 atom stereocenters. The van der Waals surface area contributed by atoms with E-state index in [1.165, 1.54) is 21.6 Å². The fourth-order valence-electron chi connectivity index (χ4n) is 4.56. The average molecular weight is 502 g/mol. The van der Waals surface area contributed by atoms with Gasteiger partial charge in [-0.15, -0.1) is 0 Å². The number of aryl methyl sites for hydroxylation is 1. The number of carbonyl (C=O) groups is 2. The predicted molar refractivity (Wildman–Crippen MR) is 131 cm³/mol. The van der Waals surface area contributed by atoms with Gasteiger partial charge in [-0.25, -0.2) is 8.42 Å². The second-order valence-corrected chi connectivity index (χ2v) is 12.3. The first-order chi connectivity index (χ1) is 16.6. The molecule has 0 bridgehead atoms. The van der Waals surface area contributed by atoms with Crippen LogP contribution in [0.25, 0.3) is 0 Å². The average Bonchev–Trinajstić information content (AvgIpc) is 3.62. The molecule has 1 aromatic carbocycles. The number of pyridine rings is 1. The van der Waals surface area contributed by atoms with Crippen molar-refractivity contribution < 1.29 is 23.1 Å². The van der Waals surface area contributed by atoms with Crippen molar-refractivity contribution in [1.29, 1.82) is 0 Å². The molecule has 10 heteroatoms. The molecule has 2 amide bonds. The Hall–Kier alpha value is -2.98. The lowest BCUT2D eigenvalue weighted by Gasteiger charge is -2.33. The third-order valence-electron chi connectivity index (χ3n) is 7.05. The van der Waals surface area contributed by atoms with E-state index in [-0.39, 0.29) is 50.5 Å². The summed E-state index contributed by atoms with van der Waals surface area (Å²) in [7, 11) is -3.52.